The third-order valence-electron chi connectivity index (χ3n) is 11.4. The number of ether oxygens (including phenoxy) is 5. The highest BCUT2D eigenvalue weighted by atomic mass is 19.4. The summed E-state index contributed by atoms with van der Waals surface area (Å²) in [6.45, 7) is 11.7. The minimum Gasteiger partial charge on any atom is -0.486 e. The molecule has 0 bridgehead atoms. The van der Waals surface area contributed by atoms with E-state index in [1.165, 1.54) is 16.7 Å². The van der Waals surface area contributed by atoms with E-state index in [4.69, 9.17) is 23.7 Å². The first-order valence-electron chi connectivity index (χ1n) is 24.5. The highest BCUT2D eigenvalue weighted by Gasteiger charge is 2.38. The van der Waals surface area contributed by atoms with Crippen molar-refractivity contribution in [2.75, 3.05) is 48.7 Å². The van der Waals surface area contributed by atoms with Gasteiger partial charge in [0.2, 0.25) is 5.91 Å². The Morgan fingerprint density at radius 1 is 0.636 bits per heavy atom. The monoisotopic (exact) mass is 1090 g/mol. The summed E-state index contributed by atoms with van der Waals surface area (Å²) >= 11 is 0. The molecule has 0 aliphatic carbocycles. The number of nitrogens with one attached hydrogen (secondary N) is 4. The van der Waals surface area contributed by atoms with Gasteiger partial charge in [0.15, 0.2) is 5.75 Å². The molecule has 25 heteroatoms. The molecule has 2 saturated heterocycles. The van der Waals surface area contributed by atoms with E-state index < -0.39 is 117 Å². The van der Waals surface area contributed by atoms with Crippen LogP contribution in [0.4, 0.5) is 57.8 Å². The molecule has 2 atom stereocenters. The van der Waals surface area contributed by atoms with Crippen LogP contribution in [0.5, 0.6) is 11.5 Å². The van der Waals surface area contributed by atoms with E-state index in [1.807, 2.05) is 6.07 Å². The van der Waals surface area contributed by atoms with E-state index in [1.54, 1.807) is 65.8 Å². The van der Waals surface area contributed by atoms with Gasteiger partial charge in [0.1, 0.15) is 53.5 Å². The van der Waals surface area contributed by atoms with E-state index in [2.05, 4.69) is 31.2 Å². The van der Waals surface area contributed by atoms with Crippen LogP contribution in [-0.2, 0) is 38.0 Å². The fourth-order valence-corrected chi connectivity index (χ4v) is 7.83. The number of anilines is 3. The zero-order chi connectivity index (χ0) is 56.5. The predicted molar refractivity (Wildman–Crippen MR) is 266 cm³/mol. The average molecular weight is 1090 g/mol. The van der Waals surface area contributed by atoms with E-state index >= 15 is 0 Å². The number of carbonyl (C=O) groups is 6. The van der Waals surface area contributed by atoms with E-state index in [0.29, 0.717) is 18.2 Å². The van der Waals surface area contributed by atoms with Gasteiger partial charge >= 0.3 is 30.6 Å². The number of alkyl carbamates (subject to hydrolysis) is 1. The third-order valence-corrected chi connectivity index (χ3v) is 11.4. The molecule has 2 aliphatic rings. The molecule has 6 amide bonds. The van der Waals surface area contributed by atoms with E-state index in [9.17, 15) is 55.1 Å². The Labute approximate surface area is 439 Å². The quantitative estimate of drug-likeness (QED) is 0.0466. The molecule has 0 saturated carbocycles. The summed E-state index contributed by atoms with van der Waals surface area (Å²) in [4.78, 5) is 89.6. The lowest BCUT2D eigenvalue weighted by Gasteiger charge is -2.25. The maximum atomic E-state index is 14.6. The van der Waals surface area contributed by atoms with Gasteiger partial charge in [-0.05, 0) is 96.7 Å². The molecule has 0 radical (unpaired) electrons. The number of hydrogen-bond donors (Lipinski definition) is 4. The van der Waals surface area contributed by atoms with Gasteiger partial charge in [-0.3, -0.25) is 14.4 Å². The molecular formula is C52H60F6N8O11. The van der Waals surface area contributed by atoms with Crippen LogP contribution in [0.25, 0.3) is 0 Å². The number of aromatic nitrogens is 2. The molecule has 2 aliphatic heterocycles. The molecule has 0 spiro atoms. The fraction of sp³-hybridized carbons (Fsp3) is 0.462. The zero-order valence-corrected chi connectivity index (χ0v) is 43.3. The first kappa shape index (κ1) is 58.4. The van der Waals surface area contributed by atoms with Crippen LogP contribution in [0, 0.1) is 6.92 Å². The molecule has 416 valence electrons. The molecule has 6 rings (SSSR count). The smallest absolute Gasteiger partial charge is 0.416 e. The molecule has 19 nitrogen and oxygen atoms in total. The maximum Gasteiger partial charge on any atom is 0.416 e. The summed E-state index contributed by atoms with van der Waals surface area (Å²) in [5, 5.41) is 9.69. The van der Waals surface area contributed by atoms with Crippen LogP contribution in [0.3, 0.4) is 0 Å². The number of likely N-dealkylation sites (tertiary alicyclic amines) is 2. The largest absolute Gasteiger partial charge is 0.486 e. The van der Waals surface area contributed by atoms with Crippen LogP contribution >= 0.6 is 0 Å². The number of alkyl halides is 6. The number of amides is 6. The fourth-order valence-electron chi connectivity index (χ4n) is 7.83. The molecule has 3 heterocycles. The lowest BCUT2D eigenvalue weighted by atomic mass is 10.1. The van der Waals surface area contributed by atoms with Crippen LogP contribution in [-0.4, -0.2) is 112 Å². The molecule has 1 aromatic heterocycles. The number of nitrogens with zero attached hydrogens (tertiary/aromatic N) is 4. The van der Waals surface area contributed by atoms with Crippen molar-refractivity contribution >= 4 is 53.1 Å². The second-order valence-electron chi connectivity index (χ2n) is 20.2. The molecule has 0 unspecified atom stereocenters. The van der Waals surface area contributed by atoms with Gasteiger partial charge in [-0.15, -0.1) is 0 Å². The van der Waals surface area contributed by atoms with Gasteiger partial charge in [0.05, 0.1) is 41.3 Å². The SMILES string of the molecule is Cc1cc(C(F)(F)F)cc(NC(=O)c2cc(C(=O)Nc3cc(C(F)(F)F)cc(NC(=O)CCCCNC(=O)OCc4ccccc4)c3O[C@@H]3CCN(C(=O)OC(C)(C)C)C3)ncn2)c1O[C@@H]1CCN(C(=O)OC(C)(C)C)C1. The minimum atomic E-state index is -5.06. The molecule has 77 heavy (non-hydrogen) atoms. The van der Waals surface area contributed by atoms with Crippen molar-refractivity contribution in [3.63, 3.8) is 0 Å². The molecular weight excluding hydrogens is 1030 g/mol. The topological polar surface area (TPSA) is 229 Å². The van der Waals surface area contributed by atoms with Crippen LogP contribution in [0.2, 0.25) is 0 Å². The third kappa shape index (κ3) is 17.3. The Kier molecular flexibility index (Phi) is 18.5. The Hall–Kier alpha value is -7.86. The minimum absolute atomic E-state index is 0.0137. The standard InChI is InChI=1S/C52H60F6N8O11/c1-30-21-32(51(53,54)55)22-36(42(30)74-34-16-19-65(26-34)47(71)76-49(2,3)4)63-44(68)39-25-40(61-29-60-39)45(69)64-38-24-33(52(56,57)58)23-37(43(38)75-35-17-20-66(27-35)48(72)77-50(5,6)7)62-41(67)15-11-12-18-59-46(70)73-28-31-13-9-8-10-14-31/h8-10,13-14,21-25,29,34-35H,11-12,15-20,26-28H2,1-7H3,(H,59,70)(H,62,67)(H,63,68)(H,64,69)/t34-,35-/m1/s1. The number of benzene rings is 3. The number of rotatable bonds is 16. The normalized spacial score (nSPS) is 15.8. The van der Waals surface area contributed by atoms with Crippen molar-refractivity contribution in [3.8, 4) is 11.5 Å². The highest BCUT2D eigenvalue weighted by Crippen LogP contribution is 2.43. The van der Waals surface area contributed by atoms with Gasteiger partial charge in [0, 0.05) is 45.0 Å². The molecule has 2 fully saturated rings. The first-order valence-corrected chi connectivity index (χ1v) is 24.5. The average Bonchev–Trinajstić information content (AvgIpc) is 4.03. The lowest BCUT2D eigenvalue weighted by Crippen LogP contribution is -2.36. The summed E-state index contributed by atoms with van der Waals surface area (Å²) in [7, 11) is 0. The number of carbonyl (C=O) groups excluding carboxylic acids is 6. The van der Waals surface area contributed by atoms with E-state index in [0.717, 1.165) is 24.0 Å². The van der Waals surface area contributed by atoms with Gasteiger partial charge in [-0.1, -0.05) is 30.3 Å². The Morgan fingerprint density at radius 2 is 1.12 bits per heavy atom. The Balaban J connectivity index is 1.22. The van der Waals surface area contributed by atoms with Crippen molar-refractivity contribution in [1.82, 2.24) is 25.1 Å². The van der Waals surface area contributed by atoms with Crippen molar-refractivity contribution in [2.24, 2.45) is 0 Å². The lowest BCUT2D eigenvalue weighted by molar-refractivity contribution is -0.138. The van der Waals surface area contributed by atoms with Crippen LogP contribution < -0.4 is 30.7 Å². The maximum absolute atomic E-state index is 14.6. The van der Waals surface area contributed by atoms with Gasteiger partial charge in [-0.25, -0.2) is 24.4 Å². The molecule has 4 N–H and O–H groups in total. The molecule has 3 aromatic carbocycles. The van der Waals surface area contributed by atoms with Gasteiger partial charge in [-0.2, -0.15) is 26.3 Å². The van der Waals surface area contributed by atoms with Gasteiger partial charge < -0.3 is 54.8 Å². The van der Waals surface area contributed by atoms with Crippen molar-refractivity contribution < 1.29 is 78.8 Å². The summed E-state index contributed by atoms with van der Waals surface area (Å²) in [5.41, 5.74) is -6.11. The summed E-state index contributed by atoms with van der Waals surface area (Å²) in [6.07, 6.45) is -12.2. The first-order chi connectivity index (χ1) is 36.0. The van der Waals surface area contributed by atoms with Crippen molar-refractivity contribution in [1.29, 1.82) is 0 Å². The zero-order valence-electron chi connectivity index (χ0n) is 43.3. The number of aryl methyl sites for hydroxylation is 1. The van der Waals surface area contributed by atoms with Crippen molar-refractivity contribution in [2.45, 2.75) is 123 Å². The number of halogens is 6. The van der Waals surface area contributed by atoms with Crippen LogP contribution in [0.1, 0.15) is 117 Å². The number of hydrogen-bond acceptors (Lipinski definition) is 13. The highest BCUT2D eigenvalue weighted by molar-refractivity contribution is 6.08. The summed E-state index contributed by atoms with van der Waals surface area (Å²) < 4.78 is 115. The van der Waals surface area contributed by atoms with Gasteiger partial charge in [0.25, 0.3) is 11.8 Å². The summed E-state index contributed by atoms with van der Waals surface area (Å²) in [6, 6.07) is 12.4. The predicted octanol–water partition coefficient (Wildman–Crippen LogP) is 10.1. The second kappa shape index (κ2) is 24.4. The Morgan fingerprint density at radius 3 is 1.62 bits per heavy atom. The van der Waals surface area contributed by atoms with E-state index in [-0.39, 0.29) is 82.7 Å². The van der Waals surface area contributed by atoms with Crippen LogP contribution in [0.15, 0.2) is 67.0 Å². The molecule has 4 aromatic rings. The Bertz CT molecular complexity index is 2800. The second-order valence-corrected chi connectivity index (χ2v) is 20.2. The number of unbranched alkanes of at least 4 members (excludes halogenated alkanes) is 1. The van der Waals surface area contributed by atoms with Crippen molar-refractivity contribution in [3.05, 3.63) is 101 Å². The summed E-state index contributed by atoms with van der Waals surface area (Å²) in [5.74, 6) is -3.71.